The van der Waals surface area contributed by atoms with Gasteiger partial charge >= 0.3 is 0 Å². The maximum Gasteiger partial charge on any atom is 0.246 e. The number of halogens is 1. The summed E-state index contributed by atoms with van der Waals surface area (Å²) < 4.78 is 18.5. The van der Waals surface area contributed by atoms with E-state index in [4.69, 9.17) is 4.74 Å². The Bertz CT molecular complexity index is 487. The van der Waals surface area contributed by atoms with Crippen LogP contribution in [0.2, 0.25) is 0 Å². The lowest BCUT2D eigenvalue weighted by atomic mass is 10.0. The van der Waals surface area contributed by atoms with E-state index in [2.05, 4.69) is 10.6 Å². The first-order chi connectivity index (χ1) is 9.48. The third-order valence-corrected chi connectivity index (χ3v) is 3.57. The number of carbonyl (C=O) groups is 1. The van der Waals surface area contributed by atoms with E-state index in [0.717, 1.165) is 24.2 Å². The fourth-order valence-corrected chi connectivity index (χ4v) is 2.15. The number of amides is 1. The molecule has 2 N–H and O–H groups in total. The number of hydrogen-bond acceptors (Lipinski definition) is 3. The van der Waals surface area contributed by atoms with Gasteiger partial charge in [0.1, 0.15) is 12.4 Å². The van der Waals surface area contributed by atoms with Gasteiger partial charge in [-0.25, -0.2) is 4.39 Å². The van der Waals surface area contributed by atoms with Crippen molar-refractivity contribution in [3.8, 4) is 0 Å². The highest BCUT2D eigenvalue weighted by Crippen LogP contribution is 2.14. The van der Waals surface area contributed by atoms with Gasteiger partial charge in [-0.3, -0.25) is 4.79 Å². The molecule has 20 heavy (non-hydrogen) atoms. The number of carbonyl (C=O) groups excluding carboxylic acids is 1. The van der Waals surface area contributed by atoms with Gasteiger partial charge in [-0.2, -0.15) is 0 Å². The van der Waals surface area contributed by atoms with E-state index < -0.39 is 0 Å². The highest BCUT2D eigenvalue weighted by atomic mass is 19.1. The summed E-state index contributed by atoms with van der Waals surface area (Å²) in [6.07, 6.45) is 0.691. The van der Waals surface area contributed by atoms with Crippen molar-refractivity contribution in [2.75, 3.05) is 26.2 Å². The van der Waals surface area contributed by atoms with Gasteiger partial charge in [0, 0.05) is 19.6 Å². The molecule has 0 saturated carbocycles. The van der Waals surface area contributed by atoms with Crippen LogP contribution in [0.4, 0.5) is 4.39 Å². The first-order valence-corrected chi connectivity index (χ1v) is 6.85. The van der Waals surface area contributed by atoms with Crippen LogP contribution in [0.3, 0.4) is 0 Å². The molecule has 0 aliphatic carbocycles. The molecule has 0 atom stereocenters. The molecule has 110 valence electrons. The van der Waals surface area contributed by atoms with Gasteiger partial charge in [0.05, 0.1) is 5.60 Å². The van der Waals surface area contributed by atoms with E-state index in [-0.39, 0.29) is 23.9 Å². The molecule has 0 bridgehead atoms. The van der Waals surface area contributed by atoms with Gasteiger partial charge in [-0.15, -0.1) is 0 Å². The molecule has 0 aromatic heterocycles. The topological polar surface area (TPSA) is 50.4 Å². The van der Waals surface area contributed by atoms with Gasteiger partial charge < -0.3 is 15.4 Å². The molecule has 2 rings (SSSR count). The van der Waals surface area contributed by atoms with Crippen LogP contribution < -0.4 is 10.6 Å². The van der Waals surface area contributed by atoms with Crippen LogP contribution in [0.25, 0.3) is 0 Å². The number of benzene rings is 1. The SMILES string of the molecule is Cc1cc(F)ccc1CCNC(=O)COC1(C)CNC1. The van der Waals surface area contributed by atoms with E-state index in [1.54, 1.807) is 6.07 Å². The van der Waals surface area contributed by atoms with Crippen molar-refractivity contribution < 1.29 is 13.9 Å². The van der Waals surface area contributed by atoms with E-state index >= 15 is 0 Å². The summed E-state index contributed by atoms with van der Waals surface area (Å²) in [6.45, 7) is 6.04. The number of hydrogen-bond donors (Lipinski definition) is 2. The predicted octanol–water partition coefficient (Wildman–Crippen LogP) is 1.17. The normalized spacial score (nSPS) is 16.6. The molecule has 0 unspecified atom stereocenters. The minimum Gasteiger partial charge on any atom is -0.363 e. The molecule has 1 aromatic rings. The summed E-state index contributed by atoms with van der Waals surface area (Å²) >= 11 is 0. The molecule has 5 heteroatoms. The molecule has 1 aliphatic heterocycles. The Kier molecular flexibility index (Phi) is 4.73. The molecule has 0 radical (unpaired) electrons. The minimum absolute atomic E-state index is 0.0839. The molecule has 1 aromatic carbocycles. The third-order valence-electron chi connectivity index (χ3n) is 3.57. The number of aryl methyl sites for hydroxylation is 1. The summed E-state index contributed by atoms with van der Waals surface area (Å²) in [5.41, 5.74) is 1.75. The van der Waals surface area contributed by atoms with E-state index in [1.165, 1.54) is 12.1 Å². The molecule has 4 nitrogen and oxygen atoms in total. The average Bonchev–Trinajstić information content (AvgIpc) is 2.37. The molecule has 0 spiro atoms. The van der Waals surface area contributed by atoms with Crippen molar-refractivity contribution in [3.05, 3.63) is 35.1 Å². The largest absolute Gasteiger partial charge is 0.363 e. The zero-order chi connectivity index (χ0) is 14.6. The van der Waals surface area contributed by atoms with Crippen molar-refractivity contribution in [3.63, 3.8) is 0 Å². The maximum absolute atomic E-state index is 13.0. The Labute approximate surface area is 118 Å². The van der Waals surface area contributed by atoms with Crippen LogP contribution in [0.5, 0.6) is 0 Å². The van der Waals surface area contributed by atoms with Crippen molar-refractivity contribution in [2.24, 2.45) is 0 Å². The standard InChI is InChI=1S/C15H21FN2O2/c1-11-7-13(16)4-3-12(11)5-6-18-14(19)8-20-15(2)9-17-10-15/h3-4,7,17H,5-6,8-10H2,1-2H3,(H,18,19). The number of nitrogens with one attached hydrogen (secondary N) is 2. The molecule has 1 fully saturated rings. The first kappa shape index (κ1) is 14.9. The van der Waals surface area contributed by atoms with Crippen LogP contribution in [0, 0.1) is 12.7 Å². The fourth-order valence-electron chi connectivity index (χ4n) is 2.15. The fraction of sp³-hybridized carbons (Fsp3) is 0.533. The average molecular weight is 280 g/mol. The summed E-state index contributed by atoms with van der Waals surface area (Å²) in [4.78, 5) is 11.6. The molecular formula is C15H21FN2O2. The van der Waals surface area contributed by atoms with Crippen LogP contribution >= 0.6 is 0 Å². The van der Waals surface area contributed by atoms with Crippen molar-refractivity contribution in [1.29, 1.82) is 0 Å². The first-order valence-electron chi connectivity index (χ1n) is 6.85. The second kappa shape index (κ2) is 6.33. The third kappa shape index (κ3) is 4.02. The Balaban J connectivity index is 1.68. The lowest BCUT2D eigenvalue weighted by Crippen LogP contribution is -2.59. The lowest BCUT2D eigenvalue weighted by Gasteiger charge is -2.38. The van der Waals surface area contributed by atoms with Crippen LogP contribution in [0.15, 0.2) is 18.2 Å². The summed E-state index contributed by atoms with van der Waals surface area (Å²) in [5, 5.41) is 5.93. The molecule has 1 amide bonds. The second-order valence-corrected chi connectivity index (χ2v) is 5.51. The molecule has 1 heterocycles. The van der Waals surface area contributed by atoms with Crippen molar-refractivity contribution in [1.82, 2.24) is 10.6 Å². The lowest BCUT2D eigenvalue weighted by molar-refractivity contribution is -0.135. The predicted molar refractivity (Wildman–Crippen MR) is 75.1 cm³/mol. The molecule has 1 aliphatic rings. The van der Waals surface area contributed by atoms with Crippen LogP contribution in [0.1, 0.15) is 18.1 Å². The van der Waals surface area contributed by atoms with Crippen LogP contribution in [-0.2, 0) is 16.0 Å². The zero-order valence-corrected chi connectivity index (χ0v) is 12.0. The van der Waals surface area contributed by atoms with Crippen molar-refractivity contribution >= 4 is 5.91 Å². The van der Waals surface area contributed by atoms with Gasteiger partial charge in [-0.05, 0) is 43.5 Å². The quantitative estimate of drug-likeness (QED) is 0.822. The van der Waals surface area contributed by atoms with Gasteiger partial charge in [0.25, 0.3) is 0 Å². The van der Waals surface area contributed by atoms with E-state index in [0.29, 0.717) is 13.0 Å². The maximum atomic E-state index is 13.0. The van der Waals surface area contributed by atoms with E-state index in [9.17, 15) is 9.18 Å². The van der Waals surface area contributed by atoms with Crippen molar-refractivity contribution in [2.45, 2.75) is 25.9 Å². The number of ether oxygens (including phenoxy) is 1. The monoisotopic (exact) mass is 280 g/mol. The van der Waals surface area contributed by atoms with E-state index in [1.807, 2.05) is 13.8 Å². The minimum atomic E-state index is -0.231. The van der Waals surface area contributed by atoms with Gasteiger partial charge in [0.15, 0.2) is 0 Å². The van der Waals surface area contributed by atoms with Crippen LogP contribution in [-0.4, -0.2) is 37.7 Å². The highest BCUT2D eigenvalue weighted by Gasteiger charge is 2.32. The smallest absolute Gasteiger partial charge is 0.246 e. The second-order valence-electron chi connectivity index (χ2n) is 5.51. The molecular weight excluding hydrogens is 259 g/mol. The Morgan fingerprint density at radius 1 is 1.50 bits per heavy atom. The Hall–Kier alpha value is -1.46. The van der Waals surface area contributed by atoms with Gasteiger partial charge in [0.2, 0.25) is 5.91 Å². The summed E-state index contributed by atoms with van der Waals surface area (Å²) in [7, 11) is 0. The Morgan fingerprint density at radius 3 is 2.85 bits per heavy atom. The molecule has 1 saturated heterocycles. The summed E-state index contributed by atoms with van der Waals surface area (Å²) in [5.74, 6) is -0.344. The van der Waals surface area contributed by atoms with Gasteiger partial charge in [-0.1, -0.05) is 6.07 Å². The number of rotatable bonds is 6. The summed E-state index contributed by atoms with van der Waals surface area (Å²) in [6, 6.07) is 4.71. The Morgan fingerprint density at radius 2 is 2.25 bits per heavy atom. The highest BCUT2D eigenvalue weighted by molar-refractivity contribution is 5.77. The zero-order valence-electron chi connectivity index (χ0n) is 12.0.